The van der Waals surface area contributed by atoms with Crippen molar-refractivity contribution >= 4 is 74.6 Å². The lowest BCUT2D eigenvalue weighted by Crippen LogP contribution is -2.15. The highest BCUT2D eigenvalue weighted by molar-refractivity contribution is 7.25. The molecule has 0 saturated heterocycles. The number of thiophene rings is 1. The number of fused-ring (bicyclic) bond motifs is 11. The van der Waals surface area contributed by atoms with E-state index in [4.69, 9.17) is 0 Å². The van der Waals surface area contributed by atoms with Crippen molar-refractivity contribution in [2.24, 2.45) is 0 Å². The van der Waals surface area contributed by atoms with Gasteiger partial charge in [0.25, 0.3) is 0 Å². The van der Waals surface area contributed by atoms with Crippen LogP contribution in [0.15, 0.2) is 182 Å². The highest BCUT2D eigenvalue weighted by atomic mass is 32.1. The van der Waals surface area contributed by atoms with Crippen LogP contribution in [0.4, 0.5) is 0 Å². The maximum absolute atomic E-state index is 2.48. The highest BCUT2D eigenvalue weighted by Crippen LogP contribution is 2.54. The predicted octanol–water partition coefficient (Wildman–Crippen LogP) is 16.0. The summed E-state index contributed by atoms with van der Waals surface area (Å²) < 4.78 is 2.71. The molecule has 0 amide bonds. The standard InChI is InChI=1S/C55H36S/c1-55(2)49-29-25-34(30-47(49)45-26-24-35-31-51-48(32-46(35)54(45)55)39-18-12-13-23-50(39)56-51)36-27-28-44(38-17-7-6-16-37(36)38)53-42-21-10-8-19-40(42)52(33-14-4-3-5-15-33)41-20-9-11-22-43(41)53/h3-32H,1-2H3. The third-order valence-electron chi connectivity index (χ3n) is 12.6. The maximum Gasteiger partial charge on any atom is 0.0361 e. The summed E-state index contributed by atoms with van der Waals surface area (Å²) in [5.74, 6) is 0. The van der Waals surface area contributed by atoms with Crippen molar-refractivity contribution in [1.82, 2.24) is 0 Å². The number of benzene rings is 10. The van der Waals surface area contributed by atoms with E-state index in [1.54, 1.807) is 0 Å². The van der Waals surface area contributed by atoms with Gasteiger partial charge in [0.15, 0.2) is 0 Å². The normalized spacial score (nSPS) is 13.3. The third-order valence-corrected chi connectivity index (χ3v) is 13.8. The van der Waals surface area contributed by atoms with Crippen molar-refractivity contribution in [1.29, 1.82) is 0 Å². The molecule has 10 aromatic carbocycles. The monoisotopic (exact) mass is 728 g/mol. The van der Waals surface area contributed by atoms with E-state index in [9.17, 15) is 0 Å². The Bertz CT molecular complexity index is 3380. The third kappa shape index (κ3) is 4.41. The lowest BCUT2D eigenvalue weighted by atomic mass is 9.79. The average Bonchev–Trinajstić information content (AvgIpc) is 3.72. The molecule has 0 bridgehead atoms. The summed E-state index contributed by atoms with van der Waals surface area (Å²) in [6.07, 6.45) is 0. The molecule has 0 radical (unpaired) electrons. The van der Waals surface area contributed by atoms with Crippen LogP contribution in [0.3, 0.4) is 0 Å². The predicted molar refractivity (Wildman–Crippen MR) is 243 cm³/mol. The summed E-state index contributed by atoms with van der Waals surface area (Å²) in [5.41, 5.74) is 13.0. The van der Waals surface area contributed by atoms with Gasteiger partial charge in [0.1, 0.15) is 0 Å². The summed E-state index contributed by atoms with van der Waals surface area (Å²) in [7, 11) is 0. The zero-order valence-corrected chi connectivity index (χ0v) is 32.0. The summed E-state index contributed by atoms with van der Waals surface area (Å²) in [6.45, 7) is 4.82. The van der Waals surface area contributed by atoms with E-state index >= 15 is 0 Å². The van der Waals surface area contributed by atoms with Crippen LogP contribution in [-0.2, 0) is 5.41 Å². The van der Waals surface area contributed by atoms with Gasteiger partial charge >= 0.3 is 0 Å². The van der Waals surface area contributed by atoms with E-state index in [-0.39, 0.29) is 5.41 Å². The first kappa shape index (κ1) is 31.8. The smallest absolute Gasteiger partial charge is 0.0361 e. The maximum atomic E-state index is 2.48. The van der Waals surface area contributed by atoms with E-state index in [0.29, 0.717) is 0 Å². The molecule has 1 heteroatoms. The second-order valence-corrected chi connectivity index (χ2v) is 17.0. The molecule has 0 atom stereocenters. The highest BCUT2D eigenvalue weighted by Gasteiger charge is 2.37. The second-order valence-electron chi connectivity index (χ2n) is 16.0. The first-order chi connectivity index (χ1) is 27.5. The second kappa shape index (κ2) is 11.7. The quantitative estimate of drug-likeness (QED) is 0.159. The van der Waals surface area contributed by atoms with E-state index in [1.165, 1.54) is 119 Å². The van der Waals surface area contributed by atoms with Gasteiger partial charge in [-0.15, -0.1) is 11.3 Å². The topological polar surface area (TPSA) is 0 Å². The Morgan fingerprint density at radius 2 is 0.911 bits per heavy atom. The Morgan fingerprint density at radius 3 is 1.62 bits per heavy atom. The average molecular weight is 729 g/mol. The Balaban J connectivity index is 1.06. The minimum atomic E-state index is -0.123. The lowest BCUT2D eigenvalue weighted by Gasteiger charge is -2.23. The van der Waals surface area contributed by atoms with Crippen molar-refractivity contribution in [2.45, 2.75) is 19.3 Å². The molecule has 1 aliphatic rings. The van der Waals surface area contributed by atoms with Gasteiger partial charge in [-0.05, 0) is 123 Å². The van der Waals surface area contributed by atoms with Crippen molar-refractivity contribution in [3.63, 3.8) is 0 Å². The minimum Gasteiger partial charge on any atom is -0.135 e. The van der Waals surface area contributed by atoms with Crippen LogP contribution in [0.2, 0.25) is 0 Å². The molecule has 0 aliphatic heterocycles. The molecule has 0 saturated carbocycles. The SMILES string of the molecule is CC1(C)c2ccc(-c3ccc(-c4c5ccccc5c(-c5ccccc5)c5ccccc45)c4ccccc34)cc2-c2ccc3cc4sc5ccccc5c4cc3c21. The number of hydrogen-bond donors (Lipinski definition) is 0. The van der Waals surface area contributed by atoms with Gasteiger partial charge in [-0.1, -0.05) is 172 Å². The molecule has 11 aromatic rings. The lowest BCUT2D eigenvalue weighted by molar-refractivity contribution is 0.666. The Kier molecular flexibility index (Phi) is 6.66. The summed E-state index contributed by atoms with van der Waals surface area (Å²) in [6, 6.07) is 68.2. The van der Waals surface area contributed by atoms with Gasteiger partial charge in [0.2, 0.25) is 0 Å². The molecule has 1 heterocycles. The van der Waals surface area contributed by atoms with Gasteiger partial charge in [-0.2, -0.15) is 0 Å². The van der Waals surface area contributed by atoms with Gasteiger partial charge in [-0.3, -0.25) is 0 Å². The van der Waals surface area contributed by atoms with E-state index in [2.05, 4.69) is 196 Å². The van der Waals surface area contributed by atoms with Crippen molar-refractivity contribution in [3.05, 3.63) is 193 Å². The zero-order valence-electron chi connectivity index (χ0n) is 31.2. The Labute approximate surface area is 329 Å². The fourth-order valence-corrected chi connectivity index (χ4v) is 11.3. The fourth-order valence-electron chi connectivity index (χ4n) is 10.2. The van der Waals surface area contributed by atoms with Crippen LogP contribution in [-0.4, -0.2) is 0 Å². The first-order valence-electron chi connectivity index (χ1n) is 19.6. The van der Waals surface area contributed by atoms with Crippen LogP contribution in [0.25, 0.3) is 108 Å². The van der Waals surface area contributed by atoms with Crippen LogP contribution >= 0.6 is 11.3 Å². The van der Waals surface area contributed by atoms with Gasteiger partial charge in [-0.25, -0.2) is 0 Å². The molecule has 0 unspecified atom stereocenters. The summed E-state index contributed by atoms with van der Waals surface area (Å²) in [4.78, 5) is 0. The van der Waals surface area contributed by atoms with Crippen LogP contribution < -0.4 is 0 Å². The number of hydrogen-bond acceptors (Lipinski definition) is 1. The molecule has 1 aromatic heterocycles. The Morgan fingerprint density at radius 1 is 0.339 bits per heavy atom. The molecule has 12 rings (SSSR count). The molecule has 0 nitrogen and oxygen atoms in total. The van der Waals surface area contributed by atoms with E-state index in [0.717, 1.165) is 0 Å². The summed E-state index contributed by atoms with van der Waals surface area (Å²) >= 11 is 1.90. The molecular weight excluding hydrogens is 693 g/mol. The molecular formula is C55H36S. The van der Waals surface area contributed by atoms with Crippen LogP contribution in [0.5, 0.6) is 0 Å². The van der Waals surface area contributed by atoms with Gasteiger partial charge in [0.05, 0.1) is 0 Å². The molecule has 0 spiro atoms. The molecule has 0 N–H and O–H groups in total. The summed E-state index contributed by atoms with van der Waals surface area (Å²) in [5, 5.41) is 13.1. The minimum absolute atomic E-state index is 0.123. The van der Waals surface area contributed by atoms with Crippen molar-refractivity contribution in [3.8, 4) is 44.5 Å². The van der Waals surface area contributed by atoms with Crippen LogP contribution in [0.1, 0.15) is 25.0 Å². The van der Waals surface area contributed by atoms with Gasteiger partial charge < -0.3 is 0 Å². The largest absolute Gasteiger partial charge is 0.135 e. The van der Waals surface area contributed by atoms with Crippen molar-refractivity contribution in [2.75, 3.05) is 0 Å². The van der Waals surface area contributed by atoms with E-state index < -0.39 is 0 Å². The van der Waals surface area contributed by atoms with Crippen molar-refractivity contribution < 1.29 is 0 Å². The van der Waals surface area contributed by atoms with Gasteiger partial charge in [0, 0.05) is 25.6 Å². The molecule has 1 aliphatic carbocycles. The first-order valence-corrected chi connectivity index (χ1v) is 20.4. The Hall–Kier alpha value is -6.54. The van der Waals surface area contributed by atoms with E-state index in [1.807, 2.05) is 11.3 Å². The van der Waals surface area contributed by atoms with Crippen LogP contribution in [0, 0.1) is 0 Å². The zero-order chi connectivity index (χ0) is 37.1. The molecule has 262 valence electrons. The molecule has 0 fully saturated rings. The molecule has 56 heavy (non-hydrogen) atoms. The fraction of sp³-hybridized carbons (Fsp3) is 0.0545. The number of rotatable bonds is 3.